The number of para-hydroxylation sites is 1. The maximum Gasteiger partial charge on any atom is 0.323 e. The van der Waals surface area contributed by atoms with Crippen molar-refractivity contribution >= 4 is 34.7 Å². The highest BCUT2D eigenvalue weighted by atomic mass is 35.5. The van der Waals surface area contributed by atoms with Crippen molar-refractivity contribution in [1.82, 2.24) is 0 Å². The number of anilines is 2. The number of nitrogens with one attached hydrogen (secondary N) is 2. The Bertz CT molecular complexity index is 689. The highest BCUT2D eigenvalue weighted by molar-refractivity contribution is 6.33. The molecule has 2 N–H and O–H groups in total. The molecule has 2 rings (SSSR count). The molecular weight excluding hydrogens is 301 g/mol. The number of non-ortho nitro benzene ring substituents is 1. The minimum atomic E-state index is -0.762. The molecule has 2 aromatic carbocycles. The molecule has 0 radical (unpaired) electrons. The first-order valence-electron chi connectivity index (χ1n) is 5.74. The van der Waals surface area contributed by atoms with Gasteiger partial charge in [0.1, 0.15) is 5.82 Å². The number of rotatable bonds is 3. The molecular formula is C13H9ClFN3O3. The normalized spacial score (nSPS) is 10.0. The molecule has 0 unspecified atom stereocenters. The van der Waals surface area contributed by atoms with Crippen molar-refractivity contribution in [1.29, 1.82) is 0 Å². The molecule has 2 aromatic rings. The van der Waals surface area contributed by atoms with Crippen molar-refractivity contribution in [2.45, 2.75) is 0 Å². The zero-order chi connectivity index (χ0) is 15.4. The fraction of sp³-hybridized carbons (Fsp3) is 0. The molecule has 0 aliphatic carbocycles. The van der Waals surface area contributed by atoms with Gasteiger partial charge in [-0.3, -0.25) is 10.1 Å². The number of halogens is 2. The van der Waals surface area contributed by atoms with E-state index >= 15 is 0 Å². The summed E-state index contributed by atoms with van der Waals surface area (Å²) >= 11 is 5.77. The minimum Gasteiger partial charge on any atom is -0.307 e. The first-order valence-corrected chi connectivity index (χ1v) is 6.11. The van der Waals surface area contributed by atoms with Gasteiger partial charge in [-0.25, -0.2) is 9.18 Å². The molecule has 0 fully saturated rings. The van der Waals surface area contributed by atoms with Crippen LogP contribution < -0.4 is 10.6 Å². The van der Waals surface area contributed by atoms with Crippen molar-refractivity contribution in [2.75, 3.05) is 10.6 Å². The van der Waals surface area contributed by atoms with Crippen molar-refractivity contribution in [2.24, 2.45) is 0 Å². The molecule has 0 heterocycles. The maximum absolute atomic E-state index is 13.5. The number of carbonyl (C=O) groups is 1. The highest BCUT2D eigenvalue weighted by Gasteiger charge is 2.12. The Labute approximate surface area is 123 Å². The molecule has 0 bridgehead atoms. The molecule has 21 heavy (non-hydrogen) atoms. The lowest BCUT2D eigenvalue weighted by molar-refractivity contribution is -0.384. The number of nitro benzene ring substituents is 1. The van der Waals surface area contributed by atoms with Gasteiger partial charge in [0, 0.05) is 17.8 Å². The summed E-state index contributed by atoms with van der Waals surface area (Å²) in [5.41, 5.74) is -0.131. The second-order valence-corrected chi connectivity index (χ2v) is 4.39. The summed E-state index contributed by atoms with van der Waals surface area (Å²) < 4.78 is 13.5. The van der Waals surface area contributed by atoms with Crippen molar-refractivity contribution in [3.63, 3.8) is 0 Å². The Kier molecular flexibility index (Phi) is 4.34. The molecule has 0 atom stereocenters. The Balaban J connectivity index is 2.12. The number of nitro groups is 1. The predicted molar refractivity (Wildman–Crippen MR) is 77.1 cm³/mol. The van der Waals surface area contributed by atoms with Crippen LogP contribution in [0, 0.1) is 15.9 Å². The Morgan fingerprint density at radius 3 is 2.57 bits per heavy atom. The lowest BCUT2D eigenvalue weighted by Crippen LogP contribution is -2.20. The SMILES string of the molecule is O=C(Nc1cccc([N+](=O)[O-])c1)Nc1c(F)cccc1Cl. The fourth-order valence-corrected chi connectivity index (χ4v) is 1.80. The highest BCUT2D eigenvalue weighted by Crippen LogP contribution is 2.25. The maximum atomic E-state index is 13.5. The number of hydrogen-bond acceptors (Lipinski definition) is 3. The largest absolute Gasteiger partial charge is 0.323 e. The van der Waals surface area contributed by atoms with Crippen LogP contribution in [0.1, 0.15) is 0 Å². The topological polar surface area (TPSA) is 84.3 Å². The summed E-state index contributed by atoms with van der Waals surface area (Å²) in [6, 6.07) is 8.57. The minimum absolute atomic E-state index is 0.0455. The van der Waals surface area contributed by atoms with E-state index in [0.717, 1.165) is 6.07 Å². The third-order valence-corrected chi connectivity index (χ3v) is 2.83. The summed E-state index contributed by atoms with van der Waals surface area (Å²) in [5.74, 6) is -0.684. The van der Waals surface area contributed by atoms with Crippen LogP contribution in [-0.4, -0.2) is 11.0 Å². The van der Waals surface area contributed by atoms with Gasteiger partial charge in [-0.2, -0.15) is 0 Å². The van der Waals surface area contributed by atoms with Crippen molar-refractivity contribution in [3.8, 4) is 0 Å². The molecule has 0 saturated carbocycles. The van der Waals surface area contributed by atoms with Crippen LogP contribution in [0.15, 0.2) is 42.5 Å². The summed E-state index contributed by atoms with van der Waals surface area (Å²) in [6.07, 6.45) is 0. The van der Waals surface area contributed by atoms with E-state index in [-0.39, 0.29) is 22.1 Å². The summed E-state index contributed by atoms with van der Waals surface area (Å²) in [5, 5.41) is 15.3. The lowest BCUT2D eigenvalue weighted by atomic mass is 10.3. The van der Waals surface area contributed by atoms with Gasteiger partial charge in [-0.05, 0) is 18.2 Å². The van der Waals surface area contributed by atoms with E-state index in [9.17, 15) is 19.3 Å². The van der Waals surface area contributed by atoms with E-state index < -0.39 is 16.8 Å². The zero-order valence-corrected chi connectivity index (χ0v) is 11.2. The zero-order valence-electron chi connectivity index (χ0n) is 10.5. The second-order valence-electron chi connectivity index (χ2n) is 3.98. The molecule has 8 heteroatoms. The van der Waals surface area contributed by atoms with Gasteiger partial charge < -0.3 is 10.6 Å². The molecule has 0 spiro atoms. The monoisotopic (exact) mass is 309 g/mol. The quantitative estimate of drug-likeness (QED) is 0.663. The van der Waals surface area contributed by atoms with Gasteiger partial charge >= 0.3 is 6.03 Å². The van der Waals surface area contributed by atoms with Crippen LogP contribution >= 0.6 is 11.6 Å². The van der Waals surface area contributed by atoms with Crippen LogP contribution in [0.25, 0.3) is 0 Å². The number of hydrogen-bond donors (Lipinski definition) is 2. The van der Waals surface area contributed by atoms with E-state index in [4.69, 9.17) is 11.6 Å². The Morgan fingerprint density at radius 2 is 1.90 bits per heavy atom. The number of nitrogens with zero attached hydrogens (tertiary/aromatic N) is 1. The summed E-state index contributed by atoms with van der Waals surface area (Å²) in [4.78, 5) is 21.8. The number of carbonyl (C=O) groups excluding carboxylic acids is 1. The molecule has 108 valence electrons. The third kappa shape index (κ3) is 3.67. The molecule has 0 aromatic heterocycles. The van der Waals surface area contributed by atoms with E-state index in [1.807, 2.05) is 0 Å². The molecule has 2 amide bonds. The first-order chi connectivity index (χ1) is 9.97. The van der Waals surface area contributed by atoms with E-state index in [1.54, 1.807) is 0 Å². The van der Waals surface area contributed by atoms with E-state index in [2.05, 4.69) is 10.6 Å². The van der Waals surface area contributed by atoms with Gasteiger partial charge in [-0.1, -0.05) is 23.7 Å². The van der Waals surface area contributed by atoms with E-state index in [1.165, 1.54) is 36.4 Å². The summed E-state index contributed by atoms with van der Waals surface area (Å²) in [6.45, 7) is 0. The van der Waals surface area contributed by atoms with E-state index in [0.29, 0.717) is 0 Å². The smallest absolute Gasteiger partial charge is 0.307 e. The van der Waals surface area contributed by atoms with Crippen LogP contribution in [0.4, 0.5) is 26.2 Å². The number of urea groups is 1. The van der Waals surface area contributed by atoms with Crippen LogP contribution in [0.5, 0.6) is 0 Å². The Morgan fingerprint density at radius 1 is 1.19 bits per heavy atom. The van der Waals surface area contributed by atoms with Crippen LogP contribution in [-0.2, 0) is 0 Å². The second kappa shape index (κ2) is 6.19. The summed E-state index contributed by atoms with van der Waals surface area (Å²) in [7, 11) is 0. The lowest BCUT2D eigenvalue weighted by Gasteiger charge is -2.09. The van der Waals surface area contributed by atoms with Gasteiger partial charge in [0.2, 0.25) is 0 Å². The molecule has 0 saturated heterocycles. The average molecular weight is 310 g/mol. The molecule has 0 aliphatic heterocycles. The number of amides is 2. The van der Waals surface area contributed by atoms with Crippen LogP contribution in [0.2, 0.25) is 5.02 Å². The van der Waals surface area contributed by atoms with Gasteiger partial charge in [0.15, 0.2) is 0 Å². The fourth-order valence-electron chi connectivity index (χ4n) is 1.59. The predicted octanol–water partition coefficient (Wildman–Crippen LogP) is 4.03. The molecule has 0 aliphatic rings. The number of benzene rings is 2. The standard InChI is InChI=1S/C13H9ClFN3O3/c14-10-5-2-6-11(15)12(10)17-13(19)16-8-3-1-4-9(7-8)18(20)21/h1-7H,(H2,16,17,19). The molecule has 6 nitrogen and oxygen atoms in total. The van der Waals surface area contributed by atoms with Gasteiger partial charge in [-0.15, -0.1) is 0 Å². The first kappa shape index (κ1) is 14.7. The van der Waals surface area contributed by atoms with Crippen molar-refractivity contribution in [3.05, 3.63) is 63.4 Å². The van der Waals surface area contributed by atoms with Gasteiger partial charge in [0.05, 0.1) is 15.6 Å². The average Bonchev–Trinajstić information content (AvgIpc) is 2.43. The Hall–Kier alpha value is -2.67. The van der Waals surface area contributed by atoms with Gasteiger partial charge in [0.25, 0.3) is 5.69 Å². The van der Waals surface area contributed by atoms with Crippen LogP contribution in [0.3, 0.4) is 0 Å². The van der Waals surface area contributed by atoms with Crippen molar-refractivity contribution < 1.29 is 14.1 Å². The third-order valence-electron chi connectivity index (χ3n) is 2.52.